The van der Waals surface area contributed by atoms with Crippen LogP contribution in [0.2, 0.25) is 5.02 Å². The van der Waals surface area contributed by atoms with E-state index < -0.39 is 27.8 Å². The van der Waals surface area contributed by atoms with Crippen molar-refractivity contribution in [3.05, 3.63) is 16.5 Å². The minimum atomic E-state index is -3.49. The highest BCUT2D eigenvalue weighted by Gasteiger charge is 2.24. The maximum atomic E-state index is 13.4. The summed E-state index contributed by atoms with van der Waals surface area (Å²) < 4.78 is 19.9. The van der Waals surface area contributed by atoms with Crippen molar-refractivity contribution in [2.24, 2.45) is 16.0 Å². The van der Waals surface area contributed by atoms with E-state index in [4.69, 9.17) is 17.3 Å². The molecule has 4 N–H and O–H groups in total. The van der Waals surface area contributed by atoms with Crippen molar-refractivity contribution in [1.29, 1.82) is 0 Å². The van der Waals surface area contributed by atoms with Gasteiger partial charge in [-0.05, 0) is 18.4 Å². The smallest absolute Gasteiger partial charge is 0.272 e. The van der Waals surface area contributed by atoms with Gasteiger partial charge in [0.25, 0.3) is 5.91 Å². The van der Waals surface area contributed by atoms with Crippen LogP contribution in [-0.2, 0) is 19.5 Å². The molecule has 0 bridgehead atoms. The van der Waals surface area contributed by atoms with Crippen LogP contribution >= 0.6 is 22.9 Å². The van der Waals surface area contributed by atoms with Crippen molar-refractivity contribution < 1.29 is 13.8 Å². The zero-order valence-corrected chi connectivity index (χ0v) is 17.8. The third-order valence-corrected chi connectivity index (χ3v) is 7.55. The maximum Gasteiger partial charge on any atom is 0.272 e. The fraction of sp³-hybridized carbons (Fsp3) is 0.625. The normalized spacial score (nSPS) is 18.7. The van der Waals surface area contributed by atoms with Crippen LogP contribution in [0, 0.1) is 5.92 Å². The first-order chi connectivity index (χ1) is 12.7. The van der Waals surface area contributed by atoms with Crippen LogP contribution in [0.5, 0.6) is 0 Å². The molecule has 1 aliphatic heterocycles. The minimum absolute atomic E-state index is 0.0829. The summed E-state index contributed by atoms with van der Waals surface area (Å²) in [5.41, 5.74) is 5.87. The van der Waals surface area contributed by atoms with Gasteiger partial charge in [0.1, 0.15) is 4.21 Å². The van der Waals surface area contributed by atoms with Gasteiger partial charge in [0.05, 0.1) is 17.6 Å². The van der Waals surface area contributed by atoms with Gasteiger partial charge < -0.3 is 11.1 Å². The van der Waals surface area contributed by atoms with Crippen LogP contribution in [0.1, 0.15) is 20.3 Å². The van der Waals surface area contributed by atoms with Gasteiger partial charge in [-0.15, -0.1) is 15.7 Å². The summed E-state index contributed by atoms with van der Waals surface area (Å²) in [6.07, 6.45) is 0.414. The molecule has 1 unspecified atom stereocenters. The van der Waals surface area contributed by atoms with Crippen molar-refractivity contribution in [2.45, 2.75) is 30.5 Å². The molecule has 0 saturated carbocycles. The van der Waals surface area contributed by atoms with Crippen LogP contribution < -0.4 is 15.8 Å². The molecule has 0 spiro atoms. The third kappa shape index (κ3) is 6.81. The number of carbonyl (C=O) groups is 2. The van der Waals surface area contributed by atoms with Crippen molar-refractivity contribution in [3.63, 3.8) is 0 Å². The van der Waals surface area contributed by atoms with Crippen molar-refractivity contribution in [3.8, 4) is 0 Å². The number of piperazine rings is 1. The van der Waals surface area contributed by atoms with Crippen LogP contribution in [0.15, 0.2) is 20.0 Å². The van der Waals surface area contributed by atoms with Gasteiger partial charge in [-0.1, -0.05) is 25.4 Å². The minimum Gasteiger partial charge on any atom is -0.320 e. The Morgan fingerprint density at radius 3 is 2.67 bits per heavy atom. The van der Waals surface area contributed by atoms with E-state index in [9.17, 15) is 13.8 Å². The average molecular weight is 436 g/mol. The first-order valence-corrected chi connectivity index (χ1v) is 11.5. The number of nitrogens with two attached hydrogens (primary N) is 1. The van der Waals surface area contributed by atoms with Gasteiger partial charge in [0.15, 0.2) is 9.92 Å². The third-order valence-electron chi connectivity index (χ3n) is 3.91. The van der Waals surface area contributed by atoms with E-state index in [0.29, 0.717) is 11.4 Å². The molecule has 1 saturated heterocycles. The van der Waals surface area contributed by atoms with Gasteiger partial charge in [-0.3, -0.25) is 19.2 Å². The molecule has 0 aromatic carbocycles. The molecule has 1 aliphatic rings. The van der Waals surface area contributed by atoms with Gasteiger partial charge in [0.2, 0.25) is 5.91 Å². The van der Waals surface area contributed by atoms with Gasteiger partial charge in [0, 0.05) is 31.6 Å². The molecule has 2 heterocycles. The zero-order chi connectivity index (χ0) is 20.0. The van der Waals surface area contributed by atoms with E-state index in [2.05, 4.69) is 14.4 Å². The summed E-state index contributed by atoms with van der Waals surface area (Å²) in [4.78, 5) is 26.8. The van der Waals surface area contributed by atoms with Crippen molar-refractivity contribution in [1.82, 2.24) is 14.9 Å². The summed E-state index contributed by atoms with van der Waals surface area (Å²) >= 11 is 7.01. The molecule has 2 amide bonds. The predicted molar refractivity (Wildman–Crippen MR) is 108 cm³/mol. The first-order valence-electron chi connectivity index (χ1n) is 8.74. The fourth-order valence-electron chi connectivity index (χ4n) is 2.62. The number of carbonyl (C=O) groups excluding carboxylic acids is 2. The van der Waals surface area contributed by atoms with E-state index >= 15 is 0 Å². The summed E-state index contributed by atoms with van der Waals surface area (Å²) in [5.74, 6) is -0.963. The lowest BCUT2D eigenvalue weighted by Gasteiger charge is -2.26. The number of nitrogens with one attached hydrogen (secondary N) is 2. The number of hydrogen-bond acceptors (Lipinski definition) is 7. The SMILES string of the molecule is CC(C)C[C@H](N)C(=O)N=S(=O)(NC(=O)CN1CCNCC1)c1cc(Cl)cs1. The number of hydrogen-bond donors (Lipinski definition) is 3. The number of halogens is 1. The Hall–Kier alpha value is -1.04. The molecule has 11 heteroatoms. The lowest BCUT2D eigenvalue weighted by molar-refractivity contribution is -0.120. The Morgan fingerprint density at radius 2 is 2.11 bits per heavy atom. The summed E-state index contributed by atoms with van der Waals surface area (Å²) in [7, 11) is -3.49. The standard InChI is InChI=1S/C16H26ClN5O3S2/c1-11(2)7-13(18)16(24)21-27(25,15-8-12(17)10-26-15)20-14(23)9-22-5-3-19-4-6-22/h8,10-11,13,19H,3-7,9,18H2,1-2H3,(H,20,21,23,24,25)/t13-,27?/m0/s1. The molecule has 27 heavy (non-hydrogen) atoms. The highest BCUT2D eigenvalue weighted by atomic mass is 35.5. The predicted octanol–water partition coefficient (Wildman–Crippen LogP) is 1.06. The Balaban J connectivity index is 2.22. The van der Waals surface area contributed by atoms with Crippen molar-refractivity contribution >= 4 is 44.7 Å². The number of nitrogens with zero attached hydrogens (tertiary/aromatic N) is 2. The highest BCUT2D eigenvalue weighted by molar-refractivity contribution is 7.94. The second-order valence-electron chi connectivity index (χ2n) is 6.83. The Morgan fingerprint density at radius 1 is 1.44 bits per heavy atom. The molecule has 1 fully saturated rings. The van der Waals surface area contributed by atoms with Crippen molar-refractivity contribution in [2.75, 3.05) is 32.7 Å². The molecular weight excluding hydrogens is 410 g/mol. The second kappa shape index (κ2) is 9.94. The Kier molecular flexibility index (Phi) is 8.20. The molecular formula is C16H26ClN5O3S2. The second-order valence-corrected chi connectivity index (χ2v) is 10.3. The fourth-order valence-corrected chi connectivity index (χ4v) is 5.67. The lowest BCUT2D eigenvalue weighted by atomic mass is 10.0. The Labute approximate surface area is 169 Å². The number of rotatable bonds is 7. The molecule has 2 rings (SSSR count). The molecule has 1 aromatic rings. The van der Waals surface area contributed by atoms with Gasteiger partial charge >= 0.3 is 0 Å². The quantitative estimate of drug-likeness (QED) is 0.589. The monoisotopic (exact) mass is 435 g/mol. The molecule has 152 valence electrons. The maximum absolute atomic E-state index is 13.4. The van der Waals surface area contributed by atoms with Crippen LogP contribution in [0.25, 0.3) is 0 Å². The number of thiophene rings is 1. The molecule has 1 aromatic heterocycles. The number of amides is 2. The molecule has 0 aliphatic carbocycles. The lowest BCUT2D eigenvalue weighted by Crippen LogP contribution is -2.48. The largest absolute Gasteiger partial charge is 0.320 e. The van der Waals surface area contributed by atoms with E-state index in [1.54, 1.807) is 5.38 Å². The van der Waals surface area contributed by atoms with Gasteiger partial charge in [-0.2, -0.15) is 0 Å². The van der Waals surface area contributed by atoms with E-state index in [1.807, 2.05) is 18.7 Å². The van der Waals surface area contributed by atoms with Gasteiger partial charge in [-0.25, -0.2) is 4.21 Å². The van der Waals surface area contributed by atoms with Crippen LogP contribution in [0.3, 0.4) is 0 Å². The van der Waals surface area contributed by atoms with E-state index in [0.717, 1.165) is 37.5 Å². The van der Waals surface area contributed by atoms with Crippen LogP contribution in [0.4, 0.5) is 0 Å². The summed E-state index contributed by atoms with van der Waals surface area (Å²) in [6, 6.07) is 0.580. The van der Waals surface area contributed by atoms with E-state index in [1.165, 1.54) is 6.07 Å². The summed E-state index contributed by atoms with van der Waals surface area (Å²) in [6.45, 7) is 6.95. The van der Waals surface area contributed by atoms with E-state index in [-0.39, 0.29) is 16.7 Å². The molecule has 0 radical (unpaired) electrons. The first kappa shape index (κ1) is 22.3. The molecule has 2 atom stereocenters. The summed E-state index contributed by atoms with van der Waals surface area (Å²) in [5, 5.41) is 5.14. The Bertz CT molecular complexity index is 783. The highest BCUT2D eigenvalue weighted by Crippen LogP contribution is 2.25. The average Bonchev–Trinajstić information content (AvgIpc) is 3.02. The topological polar surface area (TPSA) is 117 Å². The van der Waals surface area contributed by atoms with Crippen LogP contribution in [-0.4, -0.2) is 59.7 Å². The molecule has 8 nitrogen and oxygen atoms in total. The zero-order valence-electron chi connectivity index (χ0n) is 15.4.